The van der Waals surface area contributed by atoms with Crippen molar-refractivity contribution in [2.75, 3.05) is 39.8 Å². The van der Waals surface area contributed by atoms with Crippen LogP contribution in [0.3, 0.4) is 0 Å². The molecule has 0 unspecified atom stereocenters. The molecular formula is C20H25Cl3N2S2. The maximum absolute atomic E-state index is 6.32. The maximum atomic E-state index is 6.32. The summed E-state index contributed by atoms with van der Waals surface area (Å²) in [5, 5.41) is 3.04. The molecule has 0 spiro atoms. The van der Waals surface area contributed by atoms with Gasteiger partial charge in [-0.05, 0) is 53.7 Å². The van der Waals surface area contributed by atoms with Gasteiger partial charge in [0, 0.05) is 49.1 Å². The minimum Gasteiger partial charge on any atom is -0.304 e. The molecule has 1 fully saturated rings. The Balaban J connectivity index is 0.00000131. The van der Waals surface area contributed by atoms with E-state index < -0.39 is 0 Å². The highest BCUT2D eigenvalue weighted by molar-refractivity contribution is 8.00. The quantitative estimate of drug-likeness (QED) is 0.558. The first-order valence-electron chi connectivity index (χ1n) is 8.81. The van der Waals surface area contributed by atoms with Crippen molar-refractivity contribution in [1.82, 2.24) is 9.80 Å². The van der Waals surface area contributed by atoms with Crippen LogP contribution in [0.5, 0.6) is 0 Å². The minimum absolute atomic E-state index is 0. The van der Waals surface area contributed by atoms with Crippen LogP contribution in [-0.2, 0) is 5.75 Å². The summed E-state index contributed by atoms with van der Waals surface area (Å²) >= 11 is 10.1. The summed E-state index contributed by atoms with van der Waals surface area (Å²) in [6, 6.07) is 8.62. The SMILES string of the molecule is CN1CCN(CC/C=C2\c3cc(Cl)ccc3CSc3sccc32)CC1.Cl.Cl. The number of thiophene rings is 1. The van der Waals surface area contributed by atoms with Gasteiger partial charge in [-0.15, -0.1) is 47.9 Å². The van der Waals surface area contributed by atoms with Crippen LogP contribution in [0, 0.1) is 0 Å². The number of halogens is 3. The number of fused-ring (bicyclic) bond motifs is 2. The molecule has 2 aliphatic rings. The van der Waals surface area contributed by atoms with Crippen LogP contribution in [0.15, 0.2) is 39.9 Å². The van der Waals surface area contributed by atoms with Gasteiger partial charge in [0.05, 0.1) is 4.21 Å². The average Bonchev–Trinajstić information content (AvgIpc) is 3.02. The minimum atomic E-state index is 0. The largest absolute Gasteiger partial charge is 0.304 e. The summed E-state index contributed by atoms with van der Waals surface area (Å²) in [5.41, 5.74) is 5.46. The Bertz CT molecular complexity index is 783. The van der Waals surface area contributed by atoms with Crippen LogP contribution in [0.2, 0.25) is 5.02 Å². The van der Waals surface area contributed by atoms with E-state index in [0.29, 0.717) is 0 Å². The fourth-order valence-electron chi connectivity index (χ4n) is 3.50. The third kappa shape index (κ3) is 5.45. The van der Waals surface area contributed by atoms with Crippen molar-refractivity contribution in [3.63, 3.8) is 0 Å². The van der Waals surface area contributed by atoms with Gasteiger partial charge in [0.2, 0.25) is 0 Å². The van der Waals surface area contributed by atoms with E-state index in [4.69, 9.17) is 11.6 Å². The predicted octanol–water partition coefficient (Wildman–Crippen LogP) is 5.92. The zero-order chi connectivity index (χ0) is 17.2. The number of thioether (sulfide) groups is 1. The van der Waals surface area contributed by atoms with Gasteiger partial charge in [-0.1, -0.05) is 23.7 Å². The second-order valence-corrected chi connectivity index (χ2v) is 9.36. The fraction of sp³-hybridized carbons (Fsp3) is 0.400. The molecule has 2 nitrogen and oxygen atoms in total. The van der Waals surface area contributed by atoms with E-state index in [2.05, 4.69) is 46.5 Å². The third-order valence-corrected chi connectivity index (χ3v) is 7.55. The summed E-state index contributed by atoms with van der Waals surface area (Å²) in [4.78, 5) is 4.99. The van der Waals surface area contributed by atoms with Crippen molar-refractivity contribution < 1.29 is 0 Å². The zero-order valence-corrected chi connectivity index (χ0v) is 19.3. The van der Waals surface area contributed by atoms with E-state index in [1.807, 2.05) is 29.2 Å². The molecule has 0 bridgehead atoms. The van der Waals surface area contributed by atoms with Crippen LogP contribution < -0.4 is 0 Å². The topological polar surface area (TPSA) is 6.48 Å². The molecule has 0 amide bonds. The number of rotatable bonds is 3. The van der Waals surface area contributed by atoms with Crippen molar-refractivity contribution in [2.45, 2.75) is 16.4 Å². The van der Waals surface area contributed by atoms with Crippen molar-refractivity contribution in [2.24, 2.45) is 0 Å². The summed E-state index contributed by atoms with van der Waals surface area (Å²) in [5.74, 6) is 1.02. The first-order valence-corrected chi connectivity index (χ1v) is 11.1. The van der Waals surface area contributed by atoms with Crippen LogP contribution in [-0.4, -0.2) is 49.6 Å². The highest BCUT2D eigenvalue weighted by Gasteiger charge is 2.20. The maximum Gasteiger partial charge on any atom is 0.0680 e. The summed E-state index contributed by atoms with van der Waals surface area (Å²) < 4.78 is 1.43. The Labute approximate surface area is 187 Å². The molecule has 1 aromatic heterocycles. The molecule has 1 saturated heterocycles. The summed E-state index contributed by atoms with van der Waals surface area (Å²) in [6.07, 6.45) is 3.52. The van der Waals surface area contributed by atoms with E-state index in [-0.39, 0.29) is 24.8 Å². The van der Waals surface area contributed by atoms with E-state index in [0.717, 1.165) is 23.7 Å². The molecule has 2 aliphatic heterocycles. The predicted molar refractivity (Wildman–Crippen MR) is 125 cm³/mol. The molecule has 148 valence electrons. The summed E-state index contributed by atoms with van der Waals surface area (Å²) in [7, 11) is 2.21. The van der Waals surface area contributed by atoms with Crippen molar-refractivity contribution in [3.8, 4) is 0 Å². The molecular weight excluding hydrogens is 439 g/mol. The highest BCUT2D eigenvalue weighted by Crippen LogP contribution is 2.43. The highest BCUT2D eigenvalue weighted by atomic mass is 35.5. The Morgan fingerprint density at radius 1 is 1.07 bits per heavy atom. The lowest BCUT2D eigenvalue weighted by Gasteiger charge is -2.32. The molecule has 1 aromatic carbocycles. The average molecular weight is 464 g/mol. The van der Waals surface area contributed by atoms with Crippen LogP contribution >= 0.6 is 59.5 Å². The lowest BCUT2D eigenvalue weighted by molar-refractivity contribution is 0.156. The van der Waals surface area contributed by atoms with E-state index >= 15 is 0 Å². The second-order valence-electron chi connectivity index (χ2n) is 6.76. The van der Waals surface area contributed by atoms with Gasteiger partial charge in [-0.25, -0.2) is 0 Å². The number of piperazine rings is 1. The van der Waals surface area contributed by atoms with Crippen molar-refractivity contribution in [3.05, 3.63) is 57.4 Å². The Morgan fingerprint density at radius 3 is 2.63 bits per heavy atom. The number of hydrogen-bond acceptors (Lipinski definition) is 4. The molecule has 0 radical (unpaired) electrons. The molecule has 0 saturated carbocycles. The molecule has 4 rings (SSSR count). The number of hydrogen-bond donors (Lipinski definition) is 0. The van der Waals surface area contributed by atoms with Gasteiger partial charge in [-0.3, -0.25) is 0 Å². The number of benzene rings is 1. The Morgan fingerprint density at radius 2 is 1.85 bits per heavy atom. The lowest BCUT2D eigenvalue weighted by atomic mass is 9.95. The molecule has 0 atom stereocenters. The van der Waals surface area contributed by atoms with E-state index in [1.165, 1.54) is 52.7 Å². The second kappa shape index (κ2) is 10.5. The zero-order valence-electron chi connectivity index (χ0n) is 15.3. The molecule has 2 aromatic rings. The van der Waals surface area contributed by atoms with Crippen molar-refractivity contribution in [1.29, 1.82) is 0 Å². The van der Waals surface area contributed by atoms with E-state index in [9.17, 15) is 0 Å². The summed E-state index contributed by atoms with van der Waals surface area (Å²) in [6.45, 7) is 5.86. The van der Waals surface area contributed by atoms with Crippen LogP contribution in [0.1, 0.15) is 23.1 Å². The normalized spacial score (nSPS) is 18.8. The first-order chi connectivity index (χ1) is 12.2. The Hall–Kier alpha value is -0.200. The van der Waals surface area contributed by atoms with Crippen LogP contribution in [0.25, 0.3) is 5.57 Å². The fourth-order valence-corrected chi connectivity index (χ4v) is 5.80. The van der Waals surface area contributed by atoms with Gasteiger partial charge in [0.1, 0.15) is 0 Å². The Kier molecular flexibility index (Phi) is 9.01. The molecule has 27 heavy (non-hydrogen) atoms. The molecule has 3 heterocycles. The van der Waals surface area contributed by atoms with Gasteiger partial charge in [0.15, 0.2) is 0 Å². The standard InChI is InChI=1S/C20H23ClN2S2.2ClH/c1-22-8-10-23(11-9-22)7-2-3-17-18-6-12-24-20(18)25-14-15-4-5-16(21)13-19(15)17;;/h3-6,12-13H,2,7-11,14H2,1H3;2*1H/b17-3-;;. The lowest BCUT2D eigenvalue weighted by Crippen LogP contribution is -2.44. The van der Waals surface area contributed by atoms with Gasteiger partial charge in [-0.2, -0.15) is 0 Å². The van der Waals surface area contributed by atoms with Crippen molar-refractivity contribution >= 4 is 65.1 Å². The first kappa shape index (κ1) is 23.1. The van der Waals surface area contributed by atoms with Gasteiger partial charge < -0.3 is 9.80 Å². The van der Waals surface area contributed by atoms with E-state index in [1.54, 1.807) is 0 Å². The molecule has 0 N–H and O–H groups in total. The van der Waals surface area contributed by atoms with Crippen LogP contribution in [0.4, 0.5) is 0 Å². The van der Waals surface area contributed by atoms with Gasteiger partial charge >= 0.3 is 0 Å². The smallest absolute Gasteiger partial charge is 0.0680 e. The molecule has 7 heteroatoms. The number of nitrogens with zero attached hydrogens (tertiary/aromatic N) is 2. The number of likely N-dealkylation sites (N-methyl/N-ethyl adjacent to an activating group) is 1. The van der Waals surface area contributed by atoms with Gasteiger partial charge in [0.25, 0.3) is 0 Å². The third-order valence-electron chi connectivity index (χ3n) is 5.03. The molecule has 0 aliphatic carbocycles. The monoisotopic (exact) mass is 462 g/mol.